The van der Waals surface area contributed by atoms with Crippen molar-refractivity contribution in [3.63, 3.8) is 0 Å². The Hall–Kier alpha value is -2.18. The monoisotopic (exact) mass is 326 g/mol. The summed E-state index contributed by atoms with van der Waals surface area (Å²) in [6.07, 6.45) is 3.84. The van der Waals surface area contributed by atoms with E-state index in [0.29, 0.717) is 10.6 Å². The van der Waals surface area contributed by atoms with Crippen molar-refractivity contribution in [2.45, 2.75) is 4.90 Å². The fourth-order valence-electron chi connectivity index (χ4n) is 1.99. The first-order valence-electron chi connectivity index (χ1n) is 6.69. The minimum Gasteiger partial charge on any atom is -0.250 e. The zero-order chi connectivity index (χ0) is 15.4. The fourth-order valence-corrected chi connectivity index (χ4v) is 2.57. The van der Waals surface area contributed by atoms with Gasteiger partial charge in [-0.3, -0.25) is 0 Å². The van der Waals surface area contributed by atoms with Gasteiger partial charge in [0.1, 0.15) is 0 Å². The highest BCUT2D eigenvalue weighted by molar-refractivity contribution is 7.98. The molecule has 0 saturated heterocycles. The quantitative estimate of drug-likeness (QED) is 0.444. The standard InChI is InChI=1S/C16H14N4S2/c1-22-14-9-7-12(8-10-14)11-17-20-15(18-19-16(20)21)13-5-3-2-4-6-13/h2-11H,1H3,(H,19,21)/b17-11+. The second-order valence-electron chi connectivity index (χ2n) is 4.55. The lowest BCUT2D eigenvalue weighted by molar-refractivity contribution is 0.871. The highest BCUT2D eigenvalue weighted by Gasteiger charge is 2.06. The van der Waals surface area contributed by atoms with Gasteiger partial charge < -0.3 is 0 Å². The van der Waals surface area contributed by atoms with Gasteiger partial charge in [-0.25, -0.2) is 5.10 Å². The van der Waals surface area contributed by atoms with Gasteiger partial charge in [-0.05, 0) is 36.2 Å². The van der Waals surface area contributed by atoms with Crippen molar-refractivity contribution in [1.29, 1.82) is 0 Å². The molecule has 0 fully saturated rings. The molecular formula is C16H14N4S2. The van der Waals surface area contributed by atoms with Crippen molar-refractivity contribution in [3.05, 3.63) is 64.9 Å². The van der Waals surface area contributed by atoms with Crippen LogP contribution in [0.4, 0.5) is 0 Å². The molecule has 22 heavy (non-hydrogen) atoms. The van der Waals surface area contributed by atoms with Gasteiger partial charge >= 0.3 is 0 Å². The van der Waals surface area contributed by atoms with Crippen LogP contribution < -0.4 is 0 Å². The molecule has 0 aliphatic rings. The molecule has 2 aromatic carbocycles. The van der Waals surface area contributed by atoms with E-state index in [2.05, 4.69) is 33.7 Å². The minimum atomic E-state index is 0.468. The summed E-state index contributed by atoms with van der Waals surface area (Å²) in [5.41, 5.74) is 1.98. The van der Waals surface area contributed by atoms with Crippen molar-refractivity contribution >= 4 is 30.2 Å². The van der Waals surface area contributed by atoms with E-state index in [0.717, 1.165) is 11.1 Å². The second-order valence-corrected chi connectivity index (χ2v) is 5.81. The second kappa shape index (κ2) is 6.72. The van der Waals surface area contributed by atoms with Gasteiger partial charge in [-0.1, -0.05) is 42.5 Å². The van der Waals surface area contributed by atoms with E-state index >= 15 is 0 Å². The summed E-state index contributed by atoms with van der Waals surface area (Å²) in [5.74, 6) is 0.697. The molecule has 1 N–H and O–H groups in total. The third kappa shape index (κ3) is 3.18. The van der Waals surface area contributed by atoms with E-state index in [1.54, 1.807) is 22.7 Å². The summed E-state index contributed by atoms with van der Waals surface area (Å²) in [6.45, 7) is 0. The zero-order valence-electron chi connectivity index (χ0n) is 11.9. The third-order valence-electron chi connectivity index (χ3n) is 3.12. The fraction of sp³-hybridized carbons (Fsp3) is 0.0625. The lowest BCUT2D eigenvalue weighted by Gasteiger charge is -2.01. The largest absolute Gasteiger partial charge is 0.250 e. The molecule has 0 bridgehead atoms. The molecule has 3 aromatic rings. The number of hydrogen-bond donors (Lipinski definition) is 1. The third-order valence-corrected chi connectivity index (χ3v) is 4.13. The number of rotatable bonds is 4. The Bertz CT molecular complexity index is 833. The number of aromatic amines is 1. The van der Waals surface area contributed by atoms with E-state index in [1.807, 2.05) is 42.5 Å². The molecule has 0 aliphatic carbocycles. The van der Waals surface area contributed by atoms with Gasteiger partial charge in [0.2, 0.25) is 4.77 Å². The minimum absolute atomic E-state index is 0.468. The van der Waals surface area contributed by atoms with E-state index in [1.165, 1.54) is 4.90 Å². The van der Waals surface area contributed by atoms with Gasteiger partial charge in [0.25, 0.3) is 0 Å². The van der Waals surface area contributed by atoms with E-state index in [4.69, 9.17) is 12.2 Å². The number of nitrogens with one attached hydrogen (secondary N) is 1. The van der Waals surface area contributed by atoms with Crippen LogP contribution in [0.1, 0.15) is 5.56 Å². The summed E-state index contributed by atoms with van der Waals surface area (Å²) in [7, 11) is 0. The maximum Gasteiger partial charge on any atom is 0.216 e. The number of benzene rings is 2. The van der Waals surface area contributed by atoms with Gasteiger partial charge in [0.05, 0.1) is 6.21 Å². The smallest absolute Gasteiger partial charge is 0.216 e. The molecule has 1 aromatic heterocycles. The van der Waals surface area contributed by atoms with Crippen LogP contribution in [0, 0.1) is 4.77 Å². The van der Waals surface area contributed by atoms with Crippen molar-refractivity contribution in [1.82, 2.24) is 14.9 Å². The van der Waals surface area contributed by atoms with Gasteiger partial charge in [0, 0.05) is 10.5 Å². The van der Waals surface area contributed by atoms with Crippen LogP contribution in [0.2, 0.25) is 0 Å². The Morgan fingerprint density at radius 1 is 1.14 bits per heavy atom. The molecule has 0 aliphatic heterocycles. The topological polar surface area (TPSA) is 46.0 Å². The highest BCUT2D eigenvalue weighted by atomic mass is 32.2. The van der Waals surface area contributed by atoms with Gasteiger partial charge in [-0.2, -0.15) is 14.9 Å². The Morgan fingerprint density at radius 2 is 1.86 bits per heavy atom. The summed E-state index contributed by atoms with van der Waals surface area (Å²) in [6, 6.07) is 18.0. The highest BCUT2D eigenvalue weighted by Crippen LogP contribution is 2.17. The molecule has 4 nitrogen and oxygen atoms in total. The summed E-state index contributed by atoms with van der Waals surface area (Å²) >= 11 is 6.97. The molecule has 0 spiro atoms. The SMILES string of the molecule is CSc1ccc(/C=N/n2c(-c3ccccc3)n[nH]c2=S)cc1. The predicted octanol–water partition coefficient (Wildman–Crippen LogP) is 4.21. The maximum absolute atomic E-state index is 5.26. The first kappa shape index (κ1) is 14.7. The summed E-state index contributed by atoms with van der Waals surface area (Å²) in [4.78, 5) is 1.22. The van der Waals surface area contributed by atoms with Crippen molar-refractivity contribution < 1.29 is 0 Å². The average Bonchev–Trinajstić information content (AvgIpc) is 2.95. The van der Waals surface area contributed by atoms with Crippen molar-refractivity contribution in [3.8, 4) is 11.4 Å². The molecule has 3 rings (SSSR count). The van der Waals surface area contributed by atoms with Crippen LogP contribution >= 0.6 is 24.0 Å². The Morgan fingerprint density at radius 3 is 2.55 bits per heavy atom. The van der Waals surface area contributed by atoms with Crippen LogP contribution in [-0.4, -0.2) is 27.3 Å². The number of hydrogen-bond acceptors (Lipinski definition) is 4. The zero-order valence-corrected chi connectivity index (χ0v) is 13.6. The first-order chi connectivity index (χ1) is 10.8. The van der Waals surface area contributed by atoms with Crippen LogP contribution in [0.25, 0.3) is 11.4 Å². The Labute approximate surface area is 137 Å². The molecule has 110 valence electrons. The Balaban J connectivity index is 1.93. The maximum atomic E-state index is 5.26. The van der Waals surface area contributed by atoms with Crippen molar-refractivity contribution in [2.75, 3.05) is 6.26 Å². The lowest BCUT2D eigenvalue weighted by Crippen LogP contribution is -1.94. The summed E-state index contributed by atoms with van der Waals surface area (Å²) in [5, 5.41) is 11.5. The van der Waals surface area contributed by atoms with Crippen LogP contribution in [0.15, 0.2) is 64.6 Å². The number of aromatic nitrogens is 3. The van der Waals surface area contributed by atoms with E-state index < -0.39 is 0 Å². The first-order valence-corrected chi connectivity index (χ1v) is 8.32. The van der Waals surface area contributed by atoms with Crippen LogP contribution in [-0.2, 0) is 0 Å². The van der Waals surface area contributed by atoms with Crippen molar-refractivity contribution in [2.24, 2.45) is 5.10 Å². The number of H-pyrrole nitrogens is 1. The average molecular weight is 326 g/mol. The summed E-state index contributed by atoms with van der Waals surface area (Å²) < 4.78 is 2.10. The normalized spacial score (nSPS) is 11.1. The molecule has 0 saturated carbocycles. The van der Waals surface area contributed by atoms with Gasteiger partial charge in [-0.15, -0.1) is 11.8 Å². The molecule has 0 atom stereocenters. The van der Waals surface area contributed by atoms with Gasteiger partial charge in [0.15, 0.2) is 5.82 Å². The molecule has 1 heterocycles. The molecule has 0 unspecified atom stereocenters. The number of nitrogens with zero attached hydrogens (tertiary/aromatic N) is 3. The Kier molecular flexibility index (Phi) is 4.50. The number of thioether (sulfide) groups is 1. The molecule has 0 radical (unpaired) electrons. The van der Waals surface area contributed by atoms with E-state index in [-0.39, 0.29) is 0 Å². The van der Waals surface area contributed by atoms with E-state index in [9.17, 15) is 0 Å². The van der Waals surface area contributed by atoms with Crippen LogP contribution in [0.5, 0.6) is 0 Å². The molecule has 0 amide bonds. The van der Waals surface area contributed by atoms with Crippen LogP contribution in [0.3, 0.4) is 0 Å². The molecular weight excluding hydrogens is 312 g/mol. The lowest BCUT2D eigenvalue weighted by atomic mass is 10.2. The predicted molar refractivity (Wildman–Crippen MR) is 94.1 cm³/mol. The molecule has 6 heteroatoms.